The summed E-state index contributed by atoms with van der Waals surface area (Å²) in [4.78, 5) is 24.8. The Morgan fingerprint density at radius 2 is 1.69 bits per heavy atom. The summed E-state index contributed by atoms with van der Waals surface area (Å²) in [6.07, 6.45) is -12.1. The molecule has 0 saturated carbocycles. The smallest absolute Gasteiger partial charge is 0.482 e. The van der Waals surface area contributed by atoms with E-state index in [1.165, 1.54) is 4.90 Å². The monoisotopic (exact) mass is 514 g/mol. The molecule has 200 valence electrons. The Kier molecular flexibility index (Phi) is 12.2. The van der Waals surface area contributed by atoms with E-state index in [2.05, 4.69) is 10.1 Å². The summed E-state index contributed by atoms with van der Waals surface area (Å²) in [6.45, 7) is 4.38. The molecule has 35 heavy (non-hydrogen) atoms. The second-order valence-corrected chi connectivity index (χ2v) is 7.79. The maximum absolute atomic E-state index is 12.9. The molecule has 0 aliphatic rings. The number of carbonyl (C=O) groups excluding carboxylic acids is 1. The van der Waals surface area contributed by atoms with E-state index in [1.807, 2.05) is 0 Å². The number of carboxylic acid groups (broad SMARTS) is 1. The number of halogens is 5. The number of amides is 2. The van der Waals surface area contributed by atoms with Gasteiger partial charge in [0.05, 0.1) is 13.2 Å². The second kappa shape index (κ2) is 14.0. The lowest BCUT2D eigenvalue weighted by Gasteiger charge is -2.25. The van der Waals surface area contributed by atoms with E-state index >= 15 is 0 Å². The van der Waals surface area contributed by atoms with Crippen LogP contribution < -0.4 is 10.1 Å². The highest BCUT2D eigenvalue weighted by atomic mass is 19.4. The Morgan fingerprint density at radius 1 is 1.06 bits per heavy atom. The van der Waals surface area contributed by atoms with Gasteiger partial charge in [0, 0.05) is 25.6 Å². The fourth-order valence-corrected chi connectivity index (χ4v) is 2.82. The summed E-state index contributed by atoms with van der Waals surface area (Å²) in [7, 11) is 0. The molecule has 0 fully saturated rings. The molecule has 1 unspecified atom stereocenters. The minimum atomic E-state index is -5.82. The normalized spacial score (nSPS) is 12.9. The van der Waals surface area contributed by atoms with Crippen molar-refractivity contribution in [3.05, 3.63) is 29.8 Å². The van der Waals surface area contributed by atoms with Gasteiger partial charge in [0.1, 0.15) is 12.4 Å². The van der Waals surface area contributed by atoms with Gasteiger partial charge in [-0.15, -0.1) is 0 Å². The molecule has 0 heterocycles. The molecule has 2 N–H and O–H groups in total. The summed E-state index contributed by atoms with van der Waals surface area (Å²) in [5.41, 5.74) is 0.715. The predicted octanol–water partition coefficient (Wildman–Crippen LogP) is 4.08. The molecule has 0 aliphatic heterocycles. The van der Waals surface area contributed by atoms with Gasteiger partial charge in [-0.25, -0.2) is 9.59 Å². The van der Waals surface area contributed by atoms with Crippen molar-refractivity contribution in [1.29, 1.82) is 0 Å². The number of benzene rings is 1. The fraction of sp³-hybridized carbons (Fsp3) is 0.636. The van der Waals surface area contributed by atoms with E-state index < -0.39 is 37.0 Å². The maximum atomic E-state index is 12.9. The third-order valence-corrected chi connectivity index (χ3v) is 4.50. The van der Waals surface area contributed by atoms with Gasteiger partial charge in [-0.2, -0.15) is 22.0 Å². The number of hydrogen-bond acceptors (Lipinski definition) is 5. The number of aliphatic carboxylic acids is 1. The van der Waals surface area contributed by atoms with Crippen molar-refractivity contribution in [3.63, 3.8) is 0 Å². The van der Waals surface area contributed by atoms with Crippen molar-refractivity contribution < 1.29 is 50.9 Å². The molecule has 0 aliphatic carbocycles. The summed E-state index contributed by atoms with van der Waals surface area (Å²) >= 11 is 0. The highest BCUT2D eigenvalue weighted by molar-refractivity contribution is 5.74. The Balaban J connectivity index is 2.61. The van der Waals surface area contributed by atoms with Gasteiger partial charge in [0.2, 0.25) is 0 Å². The Bertz CT molecular complexity index is 790. The highest BCUT2D eigenvalue weighted by Gasteiger charge is 2.59. The number of hydrogen-bond donors (Lipinski definition) is 2. The second-order valence-electron chi connectivity index (χ2n) is 7.79. The van der Waals surface area contributed by atoms with Crippen LogP contribution in [0.15, 0.2) is 24.3 Å². The first-order chi connectivity index (χ1) is 16.3. The van der Waals surface area contributed by atoms with Crippen LogP contribution in [-0.4, -0.2) is 79.3 Å². The van der Waals surface area contributed by atoms with Crippen LogP contribution >= 0.6 is 0 Å². The number of ether oxygens (including phenoxy) is 3. The lowest BCUT2D eigenvalue weighted by molar-refractivity contribution is -0.391. The number of alkyl halides is 5. The van der Waals surface area contributed by atoms with E-state index in [0.717, 1.165) is 0 Å². The summed E-state index contributed by atoms with van der Waals surface area (Å²) in [5, 5.41) is 11.8. The molecule has 0 radical (unpaired) electrons. The zero-order chi connectivity index (χ0) is 26.6. The van der Waals surface area contributed by atoms with Gasteiger partial charge in [0.25, 0.3) is 0 Å². The highest BCUT2D eigenvalue weighted by Crippen LogP contribution is 2.36. The third kappa shape index (κ3) is 11.1. The van der Waals surface area contributed by atoms with Gasteiger partial charge in [-0.3, -0.25) is 0 Å². The zero-order valence-corrected chi connectivity index (χ0v) is 19.7. The predicted molar refractivity (Wildman–Crippen MR) is 116 cm³/mol. The first kappa shape index (κ1) is 30.4. The van der Waals surface area contributed by atoms with Crippen LogP contribution in [0.2, 0.25) is 0 Å². The molecular weight excluding hydrogens is 483 g/mol. The van der Waals surface area contributed by atoms with Crippen LogP contribution in [-0.2, 0) is 20.7 Å². The van der Waals surface area contributed by atoms with E-state index in [-0.39, 0.29) is 45.2 Å². The molecule has 0 bridgehead atoms. The van der Waals surface area contributed by atoms with Crippen LogP contribution in [0.5, 0.6) is 5.75 Å². The van der Waals surface area contributed by atoms with Gasteiger partial charge in [-0.05, 0) is 44.9 Å². The molecule has 0 spiro atoms. The third-order valence-electron chi connectivity index (χ3n) is 4.50. The van der Waals surface area contributed by atoms with Crippen LogP contribution in [0.1, 0.15) is 32.8 Å². The standard InChI is InChI=1S/C22H31F5N2O6/c1-4-33-18(19(30)31)14-16-6-8-17(9-7-16)34-13-11-29(20(32)28-15(2)3)10-5-12-35-22(26,27)21(23,24)25/h6-9,15,18H,4-5,10-14H2,1-3H3,(H,28,32)(H,30,31). The molecule has 0 saturated heterocycles. The number of carboxylic acids is 1. The average molecular weight is 514 g/mol. The van der Waals surface area contributed by atoms with E-state index in [9.17, 15) is 31.5 Å². The van der Waals surface area contributed by atoms with Crippen molar-refractivity contribution in [3.8, 4) is 5.75 Å². The Labute approximate surface area is 200 Å². The van der Waals surface area contributed by atoms with Gasteiger partial charge < -0.3 is 29.5 Å². The van der Waals surface area contributed by atoms with Crippen LogP contribution in [0, 0.1) is 0 Å². The Morgan fingerprint density at radius 3 is 2.20 bits per heavy atom. The fourth-order valence-electron chi connectivity index (χ4n) is 2.82. The molecular formula is C22H31F5N2O6. The number of nitrogens with one attached hydrogen (secondary N) is 1. The Hall–Kier alpha value is -2.67. The summed E-state index contributed by atoms with van der Waals surface area (Å²) in [5.74, 6) is -0.631. The van der Waals surface area contributed by atoms with Crippen molar-refractivity contribution in [2.24, 2.45) is 0 Å². The topological polar surface area (TPSA) is 97.3 Å². The van der Waals surface area contributed by atoms with Crippen LogP contribution in [0.25, 0.3) is 0 Å². The number of carbonyl (C=O) groups is 2. The lowest BCUT2D eigenvalue weighted by Crippen LogP contribution is -2.45. The molecule has 13 heteroatoms. The molecule has 8 nitrogen and oxygen atoms in total. The minimum Gasteiger partial charge on any atom is -0.492 e. The molecule has 2 amide bonds. The van der Waals surface area contributed by atoms with E-state index in [4.69, 9.17) is 14.6 Å². The van der Waals surface area contributed by atoms with Crippen LogP contribution in [0.4, 0.5) is 26.7 Å². The molecule has 1 aromatic rings. The lowest BCUT2D eigenvalue weighted by atomic mass is 10.1. The molecule has 1 atom stereocenters. The molecule has 1 rings (SSSR count). The van der Waals surface area contributed by atoms with E-state index in [0.29, 0.717) is 11.3 Å². The van der Waals surface area contributed by atoms with Crippen molar-refractivity contribution >= 4 is 12.0 Å². The maximum Gasteiger partial charge on any atom is 0.482 e. The first-order valence-electron chi connectivity index (χ1n) is 11.0. The van der Waals surface area contributed by atoms with Crippen molar-refractivity contribution in [1.82, 2.24) is 10.2 Å². The number of urea groups is 1. The first-order valence-corrected chi connectivity index (χ1v) is 11.0. The van der Waals surface area contributed by atoms with Gasteiger partial charge >= 0.3 is 24.3 Å². The van der Waals surface area contributed by atoms with Crippen LogP contribution in [0.3, 0.4) is 0 Å². The largest absolute Gasteiger partial charge is 0.492 e. The quantitative estimate of drug-likeness (QED) is 0.271. The summed E-state index contributed by atoms with van der Waals surface area (Å²) < 4.78 is 76.7. The molecule has 1 aromatic carbocycles. The zero-order valence-electron chi connectivity index (χ0n) is 19.7. The number of nitrogens with zero attached hydrogens (tertiary/aromatic N) is 1. The molecule has 0 aromatic heterocycles. The average Bonchev–Trinajstić information content (AvgIpc) is 2.74. The van der Waals surface area contributed by atoms with Crippen molar-refractivity contribution in [2.45, 2.75) is 58.0 Å². The summed E-state index contributed by atoms with van der Waals surface area (Å²) in [6, 6.07) is 5.82. The SMILES string of the molecule is CCOC(Cc1ccc(OCCN(CCCOC(F)(F)C(F)(F)F)C(=O)NC(C)C)cc1)C(=O)O. The van der Waals surface area contributed by atoms with Crippen molar-refractivity contribution in [2.75, 3.05) is 32.9 Å². The van der Waals surface area contributed by atoms with E-state index in [1.54, 1.807) is 45.0 Å². The minimum absolute atomic E-state index is 0.0150. The van der Waals surface area contributed by atoms with Gasteiger partial charge in [0.15, 0.2) is 6.10 Å². The van der Waals surface area contributed by atoms with Gasteiger partial charge in [-0.1, -0.05) is 12.1 Å². The number of rotatable bonds is 15.